The molecular weight excluding hydrogens is 891 g/mol. The van der Waals surface area contributed by atoms with Crippen molar-refractivity contribution >= 4 is 62.5 Å². The standard InChI is InChI=1S/C47H57N13O9/c1-6-59-34(20-27(3)55-59)44-51-26-32-31-22-29(42(48)64)24-36(69-19-11-17-67-5)40(31)57(45(32)53-44)15-8-9-16-58-41-33(52-47(58)54-46(66)35-21-28(4)56-60(35)7-2)23-30(43(49)65)25-37(41)68-18-10-14-50-38(61)12-13-39(62)63/h8-9,20-26,39,62-63H,6-7,10-19H2,1-5H3,(H2,48,64)(H2,49,65)(H,50,61)(H,52,54,66)/b9-8+. The van der Waals surface area contributed by atoms with Crippen molar-refractivity contribution in [1.29, 1.82) is 0 Å². The molecule has 7 aromatic rings. The topological polar surface area (TPSA) is 297 Å². The number of rotatable bonds is 24. The summed E-state index contributed by atoms with van der Waals surface area (Å²) in [6, 6.07) is 9.96. The number of allylic oxidation sites excluding steroid dienone is 2. The number of nitrogens with two attached hydrogens (primary N) is 2. The van der Waals surface area contributed by atoms with Crippen LogP contribution in [0.5, 0.6) is 11.5 Å². The van der Waals surface area contributed by atoms with E-state index >= 15 is 0 Å². The summed E-state index contributed by atoms with van der Waals surface area (Å²) >= 11 is 0. The van der Waals surface area contributed by atoms with E-state index in [0.29, 0.717) is 95.1 Å². The van der Waals surface area contributed by atoms with Crippen LogP contribution < -0.4 is 31.6 Å². The van der Waals surface area contributed by atoms with E-state index in [1.165, 1.54) is 12.1 Å². The van der Waals surface area contributed by atoms with Crippen LogP contribution in [0.1, 0.15) is 82.1 Å². The lowest BCUT2D eigenvalue weighted by atomic mass is 10.1. The highest BCUT2D eigenvalue weighted by molar-refractivity contribution is 6.12. The third-order valence-electron chi connectivity index (χ3n) is 11.1. The van der Waals surface area contributed by atoms with Gasteiger partial charge in [-0.05, 0) is 70.5 Å². The second-order valence-electron chi connectivity index (χ2n) is 16.2. The molecule has 0 aliphatic carbocycles. The van der Waals surface area contributed by atoms with Gasteiger partial charge < -0.3 is 50.3 Å². The molecule has 22 heteroatoms. The Kier molecular flexibility index (Phi) is 15.7. The van der Waals surface area contributed by atoms with E-state index in [2.05, 4.69) is 20.8 Å². The van der Waals surface area contributed by atoms with Gasteiger partial charge in [0.15, 0.2) is 12.1 Å². The Morgan fingerprint density at radius 2 is 1.43 bits per heavy atom. The third kappa shape index (κ3) is 11.2. The van der Waals surface area contributed by atoms with Crippen molar-refractivity contribution in [3.05, 3.63) is 83.0 Å². The average molecular weight is 948 g/mol. The number of aliphatic hydroxyl groups is 2. The lowest BCUT2D eigenvalue weighted by Crippen LogP contribution is -2.26. The van der Waals surface area contributed by atoms with Crippen LogP contribution in [0.25, 0.3) is 44.5 Å². The number of hydrogen-bond donors (Lipinski definition) is 6. The van der Waals surface area contributed by atoms with Crippen molar-refractivity contribution in [2.24, 2.45) is 11.5 Å². The first kappa shape index (κ1) is 49.2. The van der Waals surface area contributed by atoms with Crippen molar-refractivity contribution in [3.8, 4) is 23.0 Å². The second kappa shape index (κ2) is 22.0. The van der Waals surface area contributed by atoms with E-state index in [0.717, 1.165) is 11.4 Å². The number of methoxy groups -OCH3 is 1. The minimum Gasteiger partial charge on any atom is -0.491 e. The fourth-order valence-corrected chi connectivity index (χ4v) is 7.95. The first-order valence-electron chi connectivity index (χ1n) is 22.6. The maximum Gasteiger partial charge on any atom is 0.276 e. The van der Waals surface area contributed by atoms with Gasteiger partial charge in [0.05, 0.1) is 35.6 Å². The number of aromatic nitrogens is 9. The fourth-order valence-electron chi connectivity index (χ4n) is 7.95. The highest BCUT2D eigenvalue weighted by atomic mass is 16.5. The smallest absolute Gasteiger partial charge is 0.276 e. The second-order valence-corrected chi connectivity index (χ2v) is 16.2. The molecule has 0 spiro atoms. The molecule has 22 nitrogen and oxygen atoms in total. The molecule has 0 radical (unpaired) electrons. The van der Waals surface area contributed by atoms with E-state index in [4.69, 9.17) is 50.8 Å². The Balaban J connectivity index is 1.29. The van der Waals surface area contributed by atoms with E-state index in [1.54, 1.807) is 47.7 Å². The van der Waals surface area contributed by atoms with Crippen LogP contribution in [0, 0.1) is 13.8 Å². The molecule has 0 bridgehead atoms. The first-order valence-corrected chi connectivity index (χ1v) is 22.6. The van der Waals surface area contributed by atoms with Gasteiger partial charge in [0.2, 0.25) is 23.7 Å². The minimum atomic E-state index is -1.59. The molecule has 0 saturated carbocycles. The van der Waals surface area contributed by atoms with Crippen LogP contribution in [0.2, 0.25) is 0 Å². The summed E-state index contributed by atoms with van der Waals surface area (Å²) in [5.41, 5.74) is 16.5. The summed E-state index contributed by atoms with van der Waals surface area (Å²) in [7, 11) is 1.61. The zero-order chi connectivity index (χ0) is 49.4. The van der Waals surface area contributed by atoms with Gasteiger partial charge >= 0.3 is 0 Å². The lowest BCUT2D eigenvalue weighted by Gasteiger charge is -2.14. The third-order valence-corrected chi connectivity index (χ3v) is 11.1. The number of aryl methyl sites for hydroxylation is 4. The number of nitrogens with zero attached hydrogens (tertiary/aromatic N) is 9. The number of ether oxygens (including phenoxy) is 3. The molecule has 0 saturated heterocycles. The molecule has 5 heterocycles. The predicted molar refractivity (Wildman–Crippen MR) is 256 cm³/mol. The summed E-state index contributed by atoms with van der Waals surface area (Å²) in [6.07, 6.45) is 4.72. The normalized spacial score (nSPS) is 11.7. The number of imidazole rings is 1. The van der Waals surface area contributed by atoms with Crippen LogP contribution in [0.15, 0.2) is 54.7 Å². The van der Waals surface area contributed by atoms with Crippen molar-refractivity contribution in [3.63, 3.8) is 0 Å². The molecule has 8 N–H and O–H groups in total. The van der Waals surface area contributed by atoms with Crippen molar-refractivity contribution in [2.45, 2.75) is 85.8 Å². The molecule has 2 aromatic carbocycles. The van der Waals surface area contributed by atoms with Crippen molar-refractivity contribution < 1.29 is 43.6 Å². The molecule has 0 fully saturated rings. The highest BCUT2D eigenvalue weighted by Gasteiger charge is 2.24. The molecule has 0 atom stereocenters. The maximum atomic E-state index is 13.9. The largest absolute Gasteiger partial charge is 0.491 e. The number of carbonyl (C=O) groups excluding carboxylic acids is 4. The number of carbonyl (C=O) groups is 4. The van der Waals surface area contributed by atoms with E-state index in [9.17, 15) is 19.2 Å². The van der Waals surface area contributed by atoms with Gasteiger partial charge in [0, 0.05) is 93.8 Å². The number of amides is 4. The Morgan fingerprint density at radius 1 is 0.783 bits per heavy atom. The van der Waals surface area contributed by atoms with Crippen LogP contribution in [0.4, 0.5) is 5.95 Å². The number of nitrogens with one attached hydrogen (secondary N) is 2. The van der Waals surface area contributed by atoms with Gasteiger partial charge in [-0.25, -0.2) is 15.0 Å². The lowest BCUT2D eigenvalue weighted by molar-refractivity contribution is -0.123. The summed E-state index contributed by atoms with van der Waals surface area (Å²) in [5, 5.41) is 34.3. The summed E-state index contributed by atoms with van der Waals surface area (Å²) in [6.45, 7) is 10.1. The molecule has 0 aliphatic heterocycles. The van der Waals surface area contributed by atoms with Gasteiger partial charge in [0.1, 0.15) is 34.1 Å². The van der Waals surface area contributed by atoms with Crippen molar-refractivity contribution in [2.75, 3.05) is 38.8 Å². The Hall–Kier alpha value is -7.69. The Labute approximate surface area is 396 Å². The highest BCUT2D eigenvalue weighted by Crippen LogP contribution is 2.37. The molecule has 5 aromatic heterocycles. The van der Waals surface area contributed by atoms with Crippen LogP contribution >= 0.6 is 0 Å². The van der Waals surface area contributed by atoms with E-state index in [1.807, 2.05) is 48.2 Å². The Morgan fingerprint density at radius 3 is 2.12 bits per heavy atom. The molecule has 7 rings (SSSR count). The number of anilines is 1. The summed E-state index contributed by atoms with van der Waals surface area (Å²) in [5.74, 6) is -0.893. The first-order chi connectivity index (χ1) is 33.2. The number of fused-ring (bicyclic) bond motifs is 4. The van der Waals surface area contributed by atoms with Gasteiger partial charge in [-0.1, -0.05) is 12.2 Å². The molecule has 364 valence electrons. The zero-order valence-electron chi connectivity index (χ0n) is 39.2. The average Bonchev–Trinajstić information content (AvgIpc) is 4.08. The van der Waals surface area contributed by atoms with Gasteiger partial charge in [-0.3, -0.25) is 33.9 Å². The monoisotopic (exact) mass is 947 g/mol. The quantitative estimate of drug-likeness (QED) is 0.0286. The van der Waals surface area contributed by atoms with Crippen LogP contribution in [0.3, 0.4) is 0 Å². The number of aliphatic hydroxyl groups excluding tert-OH is 1. The minimum absolute atomic E-state index is 0.0592. The molecule has 0 unspecified atom stereocenters. The predicted octanol–water partition coefficient (Wildman–Crippen LogP) is 3.75. The number of benzene rings is 2. The van der Waals surface area contributed by atoms with Gasteiger partial charge in [-0.15, -0.1) is 0 Å². The zero-order valence-corrected chi connectivity index (χ0v) is 39.2. The molecule has 0 aliphatic rings. The maximum absolute atomic E-state index is 13.9. The van der Waals surface area contributed by atoms with E-state index in [-0.39, 0.29) is 67.8 Å². The van der Waals surface area contributed by atoms with Crippen LogP contribution in [-0.2, 0) is 35.7 Å². The van der Waals surface area contributed by atoms with Gasteiger partial charge in [0.25, 0.3) is 5.91 Å². The fraction of sp³-hybridized carbons (Fsp3) is 0.383. The summed E-state index contributed by atoms with van der Waals surface area (Å²) < 4.78 is 25.0. The number of hydrogen-bond acceptors (Lipinski definition) is 14. The summed E-state index contributed by atoms with van der Waals surface area (Å²) in [4.78, 5) is 66.0. The molecular formula is C47H57N13O9. The number of primary amides is 2. The van der Waals surface area contributed by atoms with Gasteiger partial charge in [-0.2, -0.15) is 10.2 Å². The van der Waals surface area contributed by atoms with E-state index < -0.39 is 24.0 Å². The molecule has 4 amide bonds. The SMILES string of the molecule is CCn1nc(C)cc1C(=O)Nc1nc2cc(C(N)=O)cc(OCCCNC(=O)CCC(O)O)c2n1C/C=C/Cn1c2nc(-c3cc(C)nn3CC)ncc2c2cc(C(N)=O)cc(OCCCOC)c21. The Bertz CT molecular complexity index is 3050. The van der Waals surface area contributed by atoms with Crippen molar-refractivity contribution in [1.82, 2.24) is 49.0 Å². The van der Waals surface area contributed by atoms with Crippen LogP contribution in [-0.4, -0.2) is 117 Å². The molecule has 69 heavy (non-hydrogen) atoms.